The first-order valence-corrected chi connectivity index (χ1v) is 6.56. The Hall–Kier alpha value is -1.17. The van der Waals surface area contributed by atoms with Crippen LogP contribution in [0.4, 0.5) is 0 Å². The van der Waals surface area contributed by atoms with Crippen LogP contribution < -0.4 is 5.56 Å². The molecule has 1 aromatic carbocycles. The molecule has 0 bridgehead atoms. The Labute approximate surface area is 112 Å². The molecule has 0 radical (unpaired) electrons. The van der Waals surface area contributed by atoms with E-state index in [1.54, 1.807) is 10.6 Å². The van der Waals surface area contributed by atoms with Crippen molar-refractivity contribution in [1.29, 1.82) is 0 Å². The van der Waals surface area contributed by atoms with Crippen LogP contribution in [0.3, 0.4) is 0 Å². The molecule has 94 valence electrons. The SMILES string of the molecule is O=c1ccc2ccc(Br)cc2n1CC1OCCO1. The van der Waals surface area contributed by atoms with E-state index in [0.717, 1.165) is 15.4 Å². The highest BCUT2D eigenvalue weighted by Gasteiger charge is 2.18. The summed E-state index contributed by atoms with van der Waals surface area (Å²) in [6, 6.07) is 9.28. The molecule has 1 aromatic heterocycles. The van der Waals surface area contributed by atoms with Gasteiger partial charge in [0.1, 0.15) is 0 Å². The zero-order valence-corrected chi connectivity index (χ0v) is 11.2. The van der Waals surface area contributed by atoms with Gasteiger partial charge >= 0.3 is 0 Å². The third-order valence-corrected chi connectivity index (χ3v) is 3.47. The van der Waals surface area contributed by atoms with Crippen molar-refractivity contribution in [3.8, 4) is 0 Å². The first-order valence-electron chi connectivity index (χ1n) is 5.76. The van der Waals surface area contributed by atoms with Crippen LogP contribution in [-0.4, -0.2) is 24.1 Å². The number of pyridine rings is 1. The highest BCUT2D eigenvalue weighted by atomic mass is 79.9. The number of benzene rings is 1. The maximum Gasteiger partial charge on any atom is 0.251 e. The molecule has 2 heterocycles. The molecule has 18 heavy (non-hydrogen) atoms. The molecule has 5 heteroatoms. The molecule has 1 aliphatic rings. The van der Waals surface area contributed by atoms with E-state index in [-0.39, 0.29) is 11.8 Å². The number of halogens is 1. The van der Waals surface area contributed by atoms with Gasteiger partial charge in [0.05, 0.1) is 25.3 Å². The molecular formula is C13H12BrNO3. The van der Waals surface area contributed by atoms with Crippen LogP contribution in [0.2, 0.25) is 0 Å². The van der Waals surface area contributed by atoms with Gasteiger partial charge in [-0.2, -0.15) is 0 Å². The molecule has 2 aromatic rings. The predicted molar refractivity (Wildman–Crippen MR) is 71.6 cm³/mol. The van der Waals surface area contributed by atoms with Crippen molar-refractivity contribution in [2.45, 2.75) is 12.8 Å². The Kier molecular flexibility index (Phi) is 3.20. The smallest absolute Gasteiger partial charge is 0.251 e. The number of ether oxygens (including phenoxy) is 2. The minimum Gasteiger partial charge on any atom is -0.348 e. The minimum absolute atomic E-state index is 0.0419. The van der Waals surface area contributed by atoms with E-state index in [2.05, 4.69) is 15.9 Å². The highest BCUT2D eigenvalue weighted by molar-refractivity contribution is 9.10. The zero-order chi connectivity index (χ0) is 12.5. The van der Waals surface area contributed by atoms with Gasteiger partial charge in [0, 0.05) is 10.5 Å². The van der Waals surface area contributed by atoms with Crippen molar-refractivity contribution < 1.29 is 9.47 Å². The monoisotopic (exact) mass is 309 g/mol. The molecule has 0 amide bonds. The van der Waals surface area contributed by atoms with E-state index in [1.165, 1.54) is 0 Å². The first kappa shape index (κ1) is 11.9. The molecule has 0 saturated carbocycles. The summed E-state index contributed by atoms with van der Waals surface area (Å²) in [4.78, 5) is 12.0. The number of hydrogen-bond acceptors (Lipinski definition) is 3. The number of fused-ring (bicyclic) bond motifs is 1. The van der Waals surface area contributed by atoms with E-state index in [1.807, 2.05) is 24.3 Å². The zero-order valence-electron chi connectivity index (χ0n) is 9.64. The quantitative estimate of drug-likeness (QED) is 0.853. The Bertz CT molecular complexity index is 632. The average molecular weight is 310 g/mol. The summed E-state index contributed by atoms with van der Waals surface area (Å²) in [5.41, 5.74) is 0.843. The molecule has 4 nitrogen and oxygen atoms in total. The summed E-state index contributed by atoms with van der Waals surface area (Å²) in [5, 5.41) is 1.02. The van der Waals surface area contributed by atoms with Crippen LogP contribution in [0.25, 0.3) is 10.9 Å². The third kappa shape index (κ3) is 2.21. The molecule has 0 atom stereocenters. The Balaban J connectivity index is 2.10. The van der Waals surface area contributed by atoms with E-state index < -0.39 is 0 Å². The van der Waals surface area contributed by atoms with Crippen LogP contribution in [0.1, 0.15) is 0 Å². The van der Waals surface area contributed by atoms with Gasteiger partial charge in [0.15, 0.2) is 6.29 Å². The molecule has 0 spiro atoms. The minimum atomic E-state index is -0.327. The molecule has 0 unspecified atom stereocenters. The van der Waals surface area contributed by atoms with E-state index >= 15 is 0 Å². The van der Waals surface area contributed by atoms with Gasteiger partial charge in [0.25, 0.3) is 5.56 Å². The van der Waals surface area contributed by atoms with Gasteiger partial charge in [0.2, 0.25) is 0 Å². The lowest BCUT2D eigenvalue weighted by Crippen LogP contribution is -2.26. The largest absolute Gasteiger partial charge is 0.348 e. The summed E-state index contributed by atoms with van der Waals surface area (Å²) >= 11 is 3.43. The van der Waals surface area contributed by atoms with Gasteiger partial charge in [-0.3, -0.25) is 4.79 Å². The fourth-order valence-corrected chi connectivity index (χ4v) is 2.46. The lowest BCUT2D eigenvalue weighted by molar-refractivity contribution is -0.0522. The number of hydrogen-bond donors (Lipinski definition) is 0. The lowest BCUT2D eigenvalue weighted by atomic mass is 10.2. The maximum absolute atomic E-state index is 12.0. The average Bonchev–Trinajstić information content (AvgIpc) is 2.86. The van der Waals surface area contributed by atoms with Gasteiger partial charge in [-0.05, 0) is 23.6 Å². The summed E-state index contributed by atoms with van der Waals surface area (Å²) in [7, 11) is 0. The summed E-state index contributed by atoms with van der Waals surface area (Å²) in [6.45, 7) is 1.61. The second-order valence-corrected chi connectivity index (χ2v) is 5.07. The van der Waals surface area contributed by atoms with E-state index in [9.17, 15) is 4.79 Å². The van der Waals surface area contributed by atoms with E-state index in [4.69, 9.17) is 9.47 Å². The van der Waals surface area contributed by atoms with Crippen LogP contribution >= 0.6 is 15.9 Å². The predicted octanol–water partition coefficient (Wildman–Crippen LogP) is 2.14. The molecule has 3 rings (SSSR count). The van der Waals surface area contributed by atoms with Gasteiger partial charge in [-0.15, -0.1) is 0 Å². The van der Waals surface area contributed by atoms with Crippen molar-refractivity contribution in [3.63, 3.8) is 0 Å². The normalized spacial score (nSPS) is 16.5. The van der Waals surface area contributed by atoms with Gasteiger partial charge < -0.3 is 14.0 Å². The number of nitrogens with zero attached hydrogens (tertiary/aromatic N) is 1. The van der Waals surface area contributed by atoms with Crippen LogP contribution in [0, 0.1) is 0 Å². The van der Waals surface area contributed by atoms with Crippen molar-refractivity contribution in [1.82, 2.24) is 4.57 Å². The van der Waals surface area contributed by atoms with Crippen LogP contribution in [0.15, 0.2) is 39.6 Å². The second-order valence-electron chi connectivity index (χ2n) is 4.16. The van der Waals surface area contributed by atoms with Crippen molar-refractivity contribution in [2.75, 3.05) is 13.2 Å². The van der Waals surface area contributed by atoms with Crippen LogP contribution in [-0.2, 0) is 16.0 Å². The molecule has 0 N–H and O–H groups in total. The molecule has 1 aliphatic heterocycles. The summed E-state index contributed by atoms with van der Waals surface area (Å²) in [5.74, 6) is 0. The fourth-order valence-electron chi connectivity index (χ4n) is 2.11. The lowest BCUT2D eigenvalue weighted by Gasteiger charge is -2.14. The van der Waals surface area contributed by atoms with Gasteiger partial charge in [-0.25, -0.2) is 0 Å². The number of aromatic nitrogens is 1. The third-order valence-electron chi connectivity index (χ3n) is 2.98. The molecule has 1 saturated heterocycles. The molecule has 0 aliphatic carbocycles. The second kappa shape index (κ2) is 4.84. The Morgan fingerprint density at radius 3 is 2.72 bits per heavy atom. The fraction of sp³-hybridized carbons (Fsp3) is 0.308. The van der Waals surface area contributed by atoms with Crippen LogP contribution in [0.5, 0.6) is 0 Å². The van der Waals surface area contributed by atoms with Crippen molar-refractivity contribution in [3.05, 3.63) is 45.2 Å². The standard InChI is InChI=1S/C13H12BrNO3/c14-10-3-1-9-2-4-12(16)15(11(9)7-10)8-13-17-5-6-18-13/h1-4,7,13H,5-6,8H2. The van der Waals surface area contributed by atoms with E-state index in [0.29, 0.717) is 19.8 Å². The molecule has 1 fully saturated rings. The van der Waals surface area contributed by atoms with Gasteiger partial charge in [-0.1, -0.05) is 22.0 Å². The highest BCUT2D eigenvalue weighted by Crippen LogP contribution is 2.19. The Morgan fingerprint density at radius 2 is 1.94 bits per heavy atom. The Morgan fingerprint density at radius 1 is 1.22 bits per heavy atom. The topological polar surface area (TPSA) is 40.5 Å². The maximum atomic E-state index is 12.0. The summed E-state index contributed by atoms with van der Waals surface area (Å²) < 4.78 is 13.4. The summed E-state index contributed by atoms with van der Waals surface area (Å²) in [6.07, 6.45) is -0.327. The first-order chi connectivity index (χ1) is 8.74. The van der Waals surface area contributed by atoms with Crippen molar-refractivity contribution >= 4 is 26.8 Å². The number of rotatable bonds is 2. The molecular weight excluding hydrogens is 298 g/mol. The van der Waals surface area contributed by atoms with Crippen molar-refractivity contribution in [2.24, 2.45) is 0 Å².